The summed E-state index contributed by atoms with van der Waals surface area (Å²) in [6.45, 7) is 0. The lowest BCUT2D eigenvalue weighted by Gasteiger charge is -2.36. The third-order valence-corrected chi connectivity index (χ3v) is 8.09. The molecular formula is C27H22F4N2O7S. The van der Waals surface area contributed by atoms with Gasteiger partial charge in [0.15, 0.2) is 0 Å². The number of carboxylic acids is 1. The smallest absolute Gasteiger partial charge is 0.497 e. The van der Waals surface area contributed by atoms with Crippen molar-refractivity contribution in [2.45, 2.75) is 29.3 Å². The third kappa shape index (κ3) is 6.01. The first-order chi connectivity index (χ1) is 19.2. The molecule has 0 heterocycles. The van der Waals surface area contributed by atoms with E-state index in [0.717, 1.165) is 18.2 Å². The second kappa shape index (κ2) is 11.2. The Morgan fingerprint density at radius 2 is 1.68 bits per heavy atom. The first kappa shape index (κ1) is 29.5. The molecule has 3 aromatic rings. The van der Waals surface area contributed by atoms with Crippen LogP contribution < -0.4 is 15.4 Å². The van der Waals surface area contributed by atoms with Gasteiger partial charge in [-0.05, 0) is 60.9 Å². The van der Waals surface area contributed by atoms with E-state index in [4.69, 9.17) is 4.74 Å². The van der Waals surface area contributed by atoms with Crippen LogP contribution in [0, 0.1) is 11.7 Å². The minimum atomic E-state index is -5.63. The zero-order chi connectivity index (χ0) is 30.1. The number of carbonyl (C=O) groups excluding carboxylic acids is 2. The van der Waals surface area contributed by atoms with Crippen molar-refractivity contribution in [3.63, 3.8) is 0 Å². The Labute approximate surface area is 231 Å². The van der Waals surface area contributed by atoms with E-state index in [9.17, 15) is 41.1 Å². The molecule has 0 spiro atoms. The SMILES string of the molecule is COc1ccc(-c2cc(C(=O)NC3CCC3C(=O)Nc3cccc(S(=O)(=O)C(F)(F)F)c3)cc(C(=O)O)c2F)cc1. The Morgan fingerprint density at radius 1 is 1.00 bits per heavy atom. The number of sulfone groups is 1. The molecule has 216 valence electrons. The molecule has 2 atom stereocenters. The number of benzene rings is 3. The first-order valence-electron chi connectivity index (χ1n) is 12.0. The van der Waals surface area contributed by atoms with Crippen LogP contribution in [0.25, 0.3) is 11.1 Å². The predicted molar refractivity (Wildman–Crippen MR) is 138 cm³/mol. The molecule has 41 heavy (non-hydrogen) atoms. The maximum absolute atomic E-state index is 15.0. The van der Waals surface area contributed by atoms with Crippen LogP contribution in [0.4, 0.5) is 23.2 Å². The summed E-state index contributed by atoms with van der Waals surface area (Å²) in [5, 5.41) is 14.5. The van der Waals surface area contributed by atoms with Crippen LogP contribution in [0.3, 0.4) is 0 Å². The molecule has 1 saturated carbocycles. The van der Waals surface area contributed by atoms with E-state index < -0.39 is 61.4 Å². The summed E-state index contributed by atoms with van der Waals surface area (Å²) in [7, 11) is -4.19. The summed E-state index contributed by atoms with van der Waals surface area (Å²) in [6.07, 6.45) is 0.656. The van der Waals surface area contributed by atoms with E-state index >= 15 is 4.39 Å². The number of carboxylic acid groups (broad SMARTS) is 1. The average molecular weight is 595 g/mol. The molecule has 2 amide bonds. The Bertz CT molecular complexity index is 1620. The topological polar surface area (TPSA) is 139 Å². The number of methoxy groups -OCH3 is 1. The van der Waals surface area contributed by atoms with Crippen LogP contribution in [-0.2, 0) is 14.6 Å². The number of carbonyl (C=O) groups is 3. The van der Waals surface area contributed by atoms with Crippen molar-refractivity contribution < 1.29 is 50.2 Å². The number of halogens is 4. The molecule has 3 aromatic carbocycles. The van der Waals surface area contributed by atoms with Gasteiger partial charge in [-0.2, -0.15) is 13.2 Å². The van der Waals surface area contributed by atoms with Crippen molar-refractivity contribution in [2.75, 3.05) is 12.4 Å². The summed E-state index contributed by atoms with van der Waals surface area (Å²) in [4.78, 5) is 36.5. The largest absolute Gasteiger partial charge is 0.501 e. The van der Waals surface area contributed by atoms with Gasteiger partial charge in [0.1, 0.15) is 11.6 Å². The minimum absolute atomic E-state index is 0.144. The molecule has 1 fully saturated rings. The Kier molecular flexibility index (Phi) is 8.06. The van der Waals surface area contributed by atoms with Gasteiger partial charge in [-0.15, -0.1) is 0 Å². The maximum Gasteiger partial charge on any atom is 0.501 e. The molecule has 0 saturated heterocycles. The first-order valence-corrected chi connectivity index (χ1v) is 13.5. The quantitative estimate of drug-likeness (QED) is 0.323. The molecule has 14 heteroatoms. The van der Waals surface area contributed by atoms with Gasteiger partial charge in [-0.3, -0.25) is 9.59 Å². The lowest BCUT2D eigenvalue weighted by Crippen LogP contribution is -2.51. The fourth-order valence-electron chi connectivity index (χ4n) is 4.24. The number of aromatic carboxylic acids is 1. The van der Waals surface area contributed by atoms with Gasteiger partial charge in [0.2, 0.25) is 5.91 Å². The average Bonchev–Trinajstić information content (AvgIpc) is 2.90. The normalized spacial score (nSPS) is 16.8. The van der Waals surface area contributed by atoms with E-state index in [2.05, 4.69) is 10.6 Å². The lowest BCUT2D eigenvalue weighted by molar-refractivity contribution is -0.123. The highest BCUT2D eigenvalue weighted by atomic mass is 32.2. The van der Waals surface area contributed by atoms with Crippen LogP contribution in [0.5, 0.6) is 5.75 Å². The fraction of sp³-hybridized carbons (Fsp3) is 0.222. The number of rotatable bonds is 8. The number of ether oxygens (including phenoxy) is 1. The van der Waals surface area contributed by atoms with Crippen molar-refractivity contribution in [3.8, 4) is 16.9 Å². The van der Waals surface area contributed by atoms with Crippen LogP contribution in [-0.4, -0.2) is 50.0 Å². The van der Waals surface area contributed by atoms with Gasteiger partial charge in [-0.25, -0.2) is 17.6 Å². The van der Waals surface area contributed by atoms with Crippen molar-refractivity contribution >= 4 is 33.3 Å². The van der Waals surface area contributed by atoms with Crippen molar-refractivity contribution in [2.24, 2.45) is 5.92 Å². The zero-order valence-corrected chi connectivity index (χ0v) is 22.0. The second-order valence-corrected chi connectivity index (χ2v) is 11.1. The molecular weight excluding hydrogens is 572 g/mol. The summed E-state index contributed by atoms with van der Waals surface area (Å²) >= 11 is 0. The van der Waals surface area contributed by atoms with Crippen LogP contribution >= 0.6 is 0 Å². The Hall–Kier alpha value is -4.46. The molecule has 3 N–H and O–H groups in total. The molecule has 0 aromatic heterocycles. The Morgan fingerprint density at radius 3 is 2.24 bits per heavy atom. The molecule has 9 nitrogen and oxygen atoms in total. The van der Waals surface area contributed by atoms with Crippen LogP contribution in [0.15, 0.2) is 65.6 Å². The molecule has 1 aliphatic rings. The highest BCUT2D eigenvalue weighted by Gasteiger charge is 2.47. The van der Waals surface area contributed by atoms with E-state index in [1.165, 1.54) is 43.5 Å². The number of hydrogen-bond donors (Lipinski definition) is 3. The number of amides is 2. The summed E-state index contributed by atoms with van der Waals surface area (Å²) < 4.78 is 82.1. The monoisotopic (exact) mass is 594 g/mol. The number of hydrogen-bond acceptors (Lipinski definition) is 6. The molecule has 0 radical (unpaired) electrons. The summed E-state index contributed by atoms with van der Waals surface area (Å²) in [5.41, 5.74) is -6.48. The van der Waals surface area contributed by atoms with Crippen molar-refractivity contribution in [1.29, 1.82) is 0 Å². The molecule has 0 aliphatic heterocycles. The number of nitrogens with one attached hydrogen (secondary N) is 2. The maximum atomic E-state index is 15.0. The highest BCUT2D eigenvalue weighted by molar-refractivity contribution is 7.92. The van der Waals surface area contributed by atoms with Gasteiger partial charge < -0.3 is 20.5 Å². The number of alkyl halides is 3. The zero-order valence-electron chi connectivity index (χ0n) is 21.2. The van der Waals surface area contributed by atoms with E-state index in [-0.39, 0.29) is 22.4 Å². The van der Waals surface area contributed by atoms with Gasteiger partial charge in [-0.1, -0.05) is 18.2 Å². The van der Waals surface area contributed by atoms with Gasteiger partial charge in [0.25, 0.3) is 15.7 Å². The van der Waals surface area contributed by atoms with Crippen LogP contribution in [0.1, 0.15) is 33.6 Å². The standard InChI is InChI=1S/C27H22F4N2O7S/c1-40-17-7-5-14(6-8-17)20-11-15(12-21(23(20)28)26(36)37)24(34)33-22-10-9-19(22)25(35)32-16-3-2-4-18(13-16)41(38,39)27(29,30)31/h2-8,11-13,19,22H,9-10H2,1H3,(H,32,35)(H,33,34)(H,36,37). The summed E-state index contributed by atoms with van der Waals surface area (Å²) in [5.74, 6) is -4.43. The second-order valence-electron chi connectivity index (χ2n) is 9.15. The van der Waals surface area contributed by atoms with Gasteiger partial charge >= 0.3 is 11.5 Å². The van der Waals surface area contributed by atoms with Crippen molar-refractivity contribution in [1.82, 2.24) is 5.32 Å². The molecule has 4 rings (SSSR count). The lowest BCUT2D eigenvalue weighted by atomic mass is 9.78. The third-order valence-electron chi connectivity index (χ3n) is 6.61. The Balaban J connectivity index is 1.51. The van der Waals surface area contributed by atoms with E-state index in [0.29, 0.717) is 24.7 Å². The van der Waals surface area contributed by atoms with Crippen molar-refractivity contribution in [3.05, 3.63) is 77.6 Å². The summed E-state index contributed by atoms with van der Waals surface area (Å²) in [6, 6.07) is 11.1. The fourth-order valence-corrected chi connectivity index (χ4v) is 5.05. The van der Waals surface area contributed by atoms with E-state index in [1.807, 2.05) is 0 Å². The van der Waals surface area contributed by atoms with E-state index in [1.54, 1.807) is 0 Å². The highest BCUT2D eigenvalue weighted by Crippen LogP contribution is 2.33. The van der Waals surface area contributed by atoms with Crippen LogP contribution in [0.2, 0.25) is 0 Å². The number of anilines is 1. The van der Waals surface area contributed by atoms with Gasteiger partial charge in [0, 0.05) is 22.9 Å². The molecule has 1 aliphatic carbocycles. The predicted octanol–water partition coefficient (Wildman–Crippen LogP) is 4.64. The molecule has 2 unspecified atom stereocenters. The minimum Gasteiger partial charge on any atom is -0.497 e. The molecule has 0 bridgehead atoms. The van der Waals surface area contributed by atoms with Gasteiger partial charge in [0.05, 0.1) is 23.5 Å².